The topological polar surface area (TPSA) is 46.2 Å². The largest absolute Gasteiger partial charge is 0.501 e. The Bertz CT molecular complexity index is 598. The Morgan fingerprint density at radius 2 is 1.57 bits per heavy atom. The lowest BCUT2D eigenvalue weighted by Gasteiger charge is -2.18. The van der Waals surface area contributed by atoms with Crippen molar-refractivity contribution < 1.29 is 39.2 Å². The van der Waals surface area contributed by atoms with E-state index >= 15 is 0 Å². The lowest BCUT2D eigenvalue weighted by molar-refractivity contribution is -0.117. The van der Waals surface area contributed by atoms with E-state index in [-0.39, 0.29) is 0 Å². The quantitative estimate of drug-likeness (QED) is 0.838. The molecule has 0 saturated carbocycles. The van der Waals surface area contributed by atoms with Gasteiger partial charge >= 0.3 is 17.9 Å². The number of alkyl halides is 7. The molecule has 1 rings (SSSR count). The summed E-state index contributed by atoms with van der Waals surface area (Å²) in [5, 5.41) is 1.60. The second-order valence-electron chi connectivity index (χ2n) is 3.86. The van der Waals surface area contributed by atoms with Crippen LogP contribution in [0.4, 0.5) is 36.4 Å². The molecule has 0 aliphatic rings. The van der Waals surface area contributed by atoms with Crippen LogP contribution in [0.25, 0.3) is 0 Å². The molecule has 0 aliphatic heterocycles. The second-order valence-corrected chi connectivity index (χ2v) is 5.77. The minimum atomic E-state index is -5.79. The Balaban J connectivity index is 3.13. The fourth-order valence-electron chi connectivity index (χ4n) is 1.26. The van der Waals surface area contributed by atoms with Gasteiger partial charge in [-0.15, -0.1) is 0 Å². The Morgan fingerprint density at radius 1 is 1.05 bits per heavy atom. The fraction of sp³-hybridized carbons (Fsp3) is 0.400. The molecule has 0 atom stereocenters. The Kier molecular flexibility index (Phi) is 4.76. The molecule has 120 valence electrons. The maximum atomic E-state index is 12.7. The van der Waals surface area contributed by atoms with Crippen molar-refractivity contribution in [2.75, 3.05) is 11.9 Å². The van der Waals surface area contributed by atoms with Crippen LogP contribution in [0.15, 0.2) is 29.2 Å². The monoisotopic (exact) mass is 339 g/mol. The van der Waals surface area contributed by atoms with Crippen LogP contribution in [-0.4, -0.2) is 32.8 Å². The van der Waals surface area contributed by atoms with Gasteiger partial charge in [-0.1, -0.05) is 12.1 Å². The summed E-state index contributed by atoms with van der Waals surface area (Å²) in [6, 6.07) is 3.30. The maximum Gasteiger partial charge on any atom is 0.501 e. The first-order valence-electron chi connectivity index (χ1n) is 5.20. The molecule has 3 nitrogen and oxygen atoms in total. The van der Waals surface area contributed by atoms with E-state index in [1.54, 1.807) is 5.32 Å². The normalized spacial score (nSPS) is 13.5. The zero-order chi connectivity index (χ0) is 16.5. The van der Waals surface area contributed by atoms with Gasteiger partial charge in [-0.2, -0.15) is 22.0 Å². The molecule has 0 spiro atoms. The Hall–Kier alpha value is -1.52. The van der Waals surface area contributed by atoms with Crippen molar-refractivity contribution in [3.63, 3.8) is 0 Å². The van der Waals surface area contributed by atoms with E-state index in [0.29, 0.717) is 6.07 Å². The van der Waals surface area contributed by atoms with Crippen LogP contribution >= 0.6 is 0 Å². The van der Waals surface area contributed by atoms with E-state index in [0.717, 1.165) is 18.2 Å². The molecule has 0 heterocycles. The number of benzene rings is 1. The third kappa shape index (κ3) is 3.77. The fourth-order valence-corrected chi connectivity index (χ4v) is 2.20. The predicted molar refractivity (Wildman–Crippen MR) is 59.1 cm³/mol. The van der Waals surface area contributed by atoms with Crippen molar-refractivity contribution in [3.05, 3.63) is 24.3 Å². The van der Waals surface area contributed by atoms with Crippen molar-refractivity contribution in [2.45, 2.75) is 22.8 Å². The van der Waals surface area contributed by atoms with Gasteiger partial charge in [-0.3, -0.25) is 0 Å². The van der Waals surface area contributed by atoms with Crippen LogP contribution < -0.4 is 5.32 Å². The maximum absolute atomic E-state index is 12.7. The number of hydrogen-bond donors (Lipinski definition) is 1. The predicted octanol–water partition coefficient (Wildman–Crippen LogP) is 3.29. The Labute approximate surface area is 114 Å². The van der Waals surface area contributed by atoms with Gasteiger partial charge in [0.15, 0.2) is 0 Å². The van der Waals surface area contributed by atoms with E-state index in [4.69, 9.17) is 0 Å². The van der Waals surface area contributed by atoms with E-state index in [1.807, 2.05) is 0 Å². The summed E-state index contributed by atoms with van der Waals surface area (Å²) in [7, 11) is -5.79. The molecular weight excluding hydrogens is 331 g/mol. The number of nitrogens with one attached hydrogen (secondary N) is 1. The van der Waals surface area contributed by atoms with E-state index in [2.05, 4.69) is 0 Å². The highest BCUT2D eigenvalue weighted by Gasteiger charge is 2.48. The van der Waals surface area contributed by atoms with Crippen LogP contribution in [0, 0.1) is 0 Å². The second kappa shape index (κ2) is 5.70. The van der Waals surface area contributed by atoms with Crippen molar-refractivity contribution in [1.29, 1.82) is 0 Å². The van der Waals surface area contributed by atoms with Gasteiger partial charge in [0, 0.05) is 0 Å². The third-order valence-corrected chi connectivity index (χ3v) is 3.86. The average molecular weight is 339 g/mol. The number of anilines is 1. The number of halogens is 7. The number of rotatable bonds is 5. The van der Waals surface area contributed by atoms with Crippen molar-refractivity contribution in [2.24, 2.45) is 0 Å². The van der Waals surface area contributed by atoms with Crippen molar-refractivity contribution >= 4 is 15.5 Å². The lowest BCUT2D eigenvalue weighted by atomic mass is 10.3. The molecule has 21 heavy (non-hydrogen) atoms. The molecule has 11 heteroatoms. The highest BCUT2D eigenvalue weighted by Crippen LogP contribution is 2.34. The van der Waals surface area contributed by atoms with Crippen LogP contribution in [0.3, 0.4) is 0 Å². The molecule has 0 aliphatic carbocycles. The van der Waals surface area contributed by atoms with E-state index < -0.39 is 44.8 Å². The summed E-state index contributed by atoms with van der Waals surface area (Å²) >= 11 is 0. The first kappa shape index (κ1) is 17.5. The highest BCUT2D eigenvalue weighted by atomic mass is 32.2. The lowest BCUT2D eigenvalue weighted by Crippen LogP contribution is -2.35. The number of hydrogen-bond acceptors (Lipinski definition) is 3. The van der Waals surface area contributed by atoms with Gasteiger partial charge in [0.1, 0.15) is 0 Å². The van der Waals surface area contributed by atoms with E-state index in [9.17, 15) is 39.2 Å². The molecule has 0 saturated heterocycles. The van der Waals surface area contributed by atoms with Gasteiger partial charge in [-0.25, -0.2) is 17.2 Å². The summed E-state index contributed by atoms with van der Waals surface area (Å²) in [4.78, 5) is -1.32. The summed E-state index contributed by atoms with van der Waals surface area (Å²) < 4.78 is 109. The van der Waals surface area contributed by atoms with E-state index in [1.165, 1.54) is 0 Å². The summed E-state index contributed by atoms with van der Waals surface area (Å²) in [6.07, 6.45) is -4.05. The van der Waals surface area contributed by atoms with Crippen molar-refractivity contribution in [1.82, 2.24) is 0 Å². The number of para-hydroxylation sites is 1. The third-order valence-electron chi connectivity index (χ3n) is 2.32. The molecule has 1 N–H and O–H groups in total. The molecule has 0 aromatic heterocycles. The minimum Gasteiger partial charge on any atom is -0.378 e. The molecule has 1 aromatic carbocycles. The number of sulfone groups is 1. The molecule has 1 aromatic rings. The summed E-state index contributed by atoms with van der Waals surface area (Å²) in [6.45, 7) is -1.71. The van der Waals surface area contributed by atoms with Crippen LogP contribution in [0.2, 0.25) is 0 Å². The molecule has 0 unspecified atom stereocenters. The first-order valence-corrected chi connectivity index (χ1v) is 6.68. The zero-order valence-electron chi connectivity index (χ0n) is 9.96. The molecule has 0 radical (unpaired) electrons. The van der Waals surface area contributed by atoms with Gasteiger partial charge in [0.25, 0.3) is 9.84 Å². The van der Waals surface area contributed by atoms with Crippen LogP contribution in [0.1, 0.15) is 0 Å². The molecular formula is C10H8F7NO2S. The average Bonchev–Trinajstić information content (AvgIpc) is 2.35. The van der Waals surface area contributed by atoms with Gasteiger partial charge in [0.05, 0.1) is 17.1 Å². The van der Waals surface area contributed by atoms with Gasteiger partial charge < -0.3 is 5.32 Å². The smallest absolute Gasteiger partial charge is 0.378 e. The standard InChI is InChI=1S/C10H8F7NO2S/c11-8(12)9(13,14)5-18-6-3-1-2-4-7(6)21(19,20)10(15,16)17/h1-4,8,18H,5H2. The molecule has 0 fully saturated rings. The molecule has 0 amide bonds. The van der Waals surface area contributed by atoms with Gasteiger partial charge in [-0.05, 0) is 12.1 Å². The summed E-state index contributed by atoms with van der Waals surface area (Å²) in [5.41, 5.74) is -6.48. The molecule has 0 bridgehead atoms. The minimum absolute atomic E-state index is 0.533. The van der Waals surface area contributed by atoms with Gasteiger partial charge in [0.2, 0.25) is 0 Å². The van der Waals surface area contributed by atoms with Crippen molar-refractivity contribution in [3.8, 4) is 0 Å². The first-order chi connectivity index (χ1) is 9.39. The highest BCUT2D eigenvalue weighted by molar-refractivity contribution is 7.92. The Morgan fingerprint density at radius 3 is 2.05 bits per heavy atom. The van der Waals surface area contributed by atoms with Crippen LogP contribution in [0.5, 0.6) is 0 Å². The summed E-state index contributed by atoms with van der Waals surface area (Å²) in [5.74, 6) is -4.52. The van der Waals surface area contributed by atoms with Crippen LogP contribution in [-0.2, 0) is 9.84 Å². The SMILES string of the molecule is O=S(=O)(c1ccccc1NCC(F)(F)C(F)F)C(F)(F)F. The zero-order valence-corrected chi connectivity index (χ0v) is 10.8.